The van der Waals surface area contributed by atoms with Crippen molar-refractivity contribution in [2.45, 2.75) is 25.2 Å². The smallest absolute Gasteiger partial charge is 0.199 e. The molecule has 10 nitrogen and oxygen atoms in total. The lowest BCUT2D eigenvalue weighted by atomic mass is 9.97. The summed E-state index contributed by atoms with van der Waals surface area (Å²) in [4.78, 5) is 31.2. The molecule has 2 aliphatic rings. The summed E-state index contributed by atoms with van der Waals surface area (Å²) < 4.78 is 1.64. The fourth-order valence-electron chi connectivity index (χ4n) is 7.43. The van der Waals surface area contributed by atoms with Crippen LogP contribution in [0.5, 0.6) is 0 Å². The average molecular weight is 588 g/mol. The van der Waals surface area contributed by atoms with Crippen molar-refractivity contribution in [2.24, 2.45) is 18.9 Å². The molecule has 5 aromatic rings. The highest BCUT2D eigenvalue weighted by Crippen LogP contribution is 2.48. The molecule has 11 heteroatoms. The van der Waals surface area contributed by atoms with E-state index in [2.05, 4.69) is 39.2 Å². The highest BCUT2D eigenvalue weighted by Gasteiger charge is 2.44. The van der Waals surface area contributed by atoms with E-state index >= 15 is 0 Å². The van der Waals surface area contributed by atoms with Crippen LogP contribution in [0.2, 0.25) is 5.02 Å². The van der Waals surface area contributed by atoms with Crippen LogP contribution in [0.15, 0.2) is 41.6 Å². The number of anilines is 2. The van der Waals surface area contributed by atoms with Crippen LogP contribution in [0.25, 0.3) is 44.1 Å². The van der Waals surface area contributed by atoms with Gasteiger partial charge in [0.15, 0.2) is 11.7 Å². The predicted molar refractivity (Wildman–Crippen MR) is 167 cm³/mol. The number of nitrogens with zero attached hydrogens (tertiary/aromatic N) is 5. The molecule has 7 rings (SSSR count). The Kier molecular flexibility index (Phi) is 6.43. The summed E-state index contributed by atoms with van der Waals surface area (Å²) in [7, 11) is 7.95. The van der Waals surface area contributed by atoms with E-state index in [0.717, 1.165) is 57.5 Å². The van der Waals surface area contributed by atoms with Crippen molar-refractivity contribution in [3.63, 3.8) is 0 Å². The summed E-state index contributed by atoms with van der Waals surface area (Å²) >= 11 is 6.62. The number of rotatable bonds is 5. The summed E-state index contributed by atoms with van der Waals surface area (Å²) in [5.41, 5.74) is 5.14. The molecule has 3 atom stereocenters. The van der Waals surface area contributed by atoms with Gasteiger partial charge in [0.25, 0.3) is 0 Å². The van der Waals surface area contributed by atoms with E-state index in [-0.39, 0.29) is 5.56 Å². The lowest BCUT2D eigenvalue weighted by Crippen LogP contribution is -2.35. The topological polar surface area (TPSA) is 123 Å². The second-order valence-electron chi connectivity index (χ2n) is 11.9. The molecule has 218 valence electrons. The second kappa shape index (κ2) is 9.95. The first-order valence-corrected chi connectivity index (χ1v) is 14.6. The molecule has 0 spiro atoms. The Balaban J connectivity index is 1.50. The molecule has 1 saturated carbocycles. The molecule has 0 radical (unpaired) electrons. The van der Waals surface area contributed by atoms with Gasteiger partial charge in [0.05, 0.1) is 33.2 Å². The molecule has 5 heterocycles. The van der Waals surface area contributed by atoms with Crippen LogP contribution in [-0.4, -0.2) is 74.9 Å². The van der Waals surface area contributed by atoms with E-state index in [1.807, 2.05) is 25.4 Å². The highest BCUT2D eigenvalue weighted by molar-refractivity contribution is 6.33. The molecule has 0 unspecified atom stereocenters. The Morgan fingerprint density at radius 3 is 2.67 bits per heavy atom. The maximum Gasteiger partial charge on any atom is 0.199 e. The number of H-pyrrole nitrogens is 1. The third kappa shape index (κ3) is 4.08. The number of pyridine rings is 3. The van der Waals surface area contributed by atoms with Gasteiger partial charge in [0, 0.05) is 73.4 Å². The molecule has 1 aliphatic heterocycles. The van der Waals surface area contributed by atoms with E-state index in [4.69, 9.17) is 16.6 Å². The quantitative estimate of drug-likeness (QED) is 0.227. The summed E-state index contributed by atoms with van der Waals surface area (Å²) in [5, 5.41) is 25.8. The zero-order valence-corrected chi connectivity index (χ0v) is 24.8. The van der Waals surface area contributed by atoms with Gasteiger partial charge >= 0.3 is 0 Å². The average Bonchev–Trinajstić information content (AvgIpc) is 3.66. The number of aliphatic hydroxyl groups is 2. The number of halogens is 1. The normalized spacial score (nSPS) is 20.6. The maximum absolute atomic E-state index is 13.3. The number of hydrogen-bond acceptors (Lipinski definition) is 8. The molecular formula is C31H34ClN7O3. The van der Waals surface area contributed by atoms with Crippen molar-refractivity contribution < 1.29 is 10.2 Å². The van der Waals surface area contributed by atoms with Gasteiger partial charge in [0.1, 0.15) is 11.3 Å². The van der Waals surface area contributed by atoms with Gasteiger partial charge in [-0.2, -0.15) is 0 Å². The Morgan fingerprint density at radius 1 is 1.12 bits per heavy atom. The zero-order chi connectivity index (χ0) is 29.4. The molecule has 0 amide bonds. The lowest BCUT2D eigenvalue weighted by molar-refractivity contribution is -0.0435. The summed E-state index contributed by atoms with van der Waals surface area (Å²) in [6.45, 7) is 1.84. The number of aliphatic hydroxyl groups excluding tert-OH is 1. The van der Waals surface area contributed by atoms with E-state index in [1.54, 1.807) is 23.9 Å². The number of hydrogen-bond donors (Lipinski definition) is 4. The van der Waals surface area contributed by atoms with Crippen molar-refractivity contribution in [2.75, 3.05) is 44.4 Å². The zero-order valence-electron chi connectivity index (χ0n) is 24.0. The third-order valence-corrected chi connectivity index (χ3v) is 9.58. The molecule has 1 aliphatic carbocycles. The first-order chi connectivity index (χ1) is 20.2. The number of nitrogens with one attached hydrogen (secondary N) is 2. The van der Waals surface area contributed by atoms with Gasteiger partial charge in [-0.05, 0) is 57.0 Å². The predicted octanol–water partition coefficient (Wildman–Crippen LogP) is 4.08. The molecular weight excluding hydrogens is 554 g/mol. The monoisotopic (exact) mass is 587 g/mol. The van der Waals surface area contributed by atoms with Crippen LogP contribution >= 0.6 is 11.6 Å². The molecule has 2 fully saturated rings. The third-order valence-electron chi connectivity index (χ3n) is 9.36. The highest BCUT2D eigenvalue weighted by atomic mass is 35.5. The first kappa shape index (κ1) is 27.2. The minimum Gasteiger partial charge on any atom is -0.386 e. The van der Waals surface area contributed by atoms with Gasteiger partial charge in [0.2, 0.25) is 0 Å². The Bertz CT molecular complexity index is 1930. The molecule has 1 saturated heterocycles. The Hall–Kier alpha value is -3.70. The molecule has 4 N–H and O–H groups in total. The number of fused-ring (bicyclic) bond motifs is 5. The van der Waals surface area contributed by atoms with Crippen LogP contribution < -0.4 is 15.6 Å². The minimum atomic E-state index is -1.88. The molecule has 42 heavy (non-hydrogen) atoms. The van der Waals surface area contributed by atoms with Crippen molar-refractivity contribution in [3.8, 4) is 11.1 Å². The molecule has 4 aromatic heterocycles. The van der Waals surface area contributed by atoms with Crippen molar-refractivity contribution in [1.29, 1.82) is 0 Å². The summed E-state index contributed by atoms with van der Waals surface area (Å²) in [5.74, 6) is 1.14. The minimum absolute atomic E-state index is 0.0919. The van der Waals surface area contributed by atoms with Crippen LogP contribution in [0.1, 0.15) is 24.7 Å². The first-order valence-electron chi connectivity index (χ1n) is 14.2. The van der Waals surface area contributed by atoms with E-state index < -0.39 is 11.7 Å². The number of benzene rings is 1. The van der Waals surface area contributed by atoms with Crippen LogP contribution in [0.3, 0.4) is 0 Å². The SMILES string of the molecule is CNc1cc(Cl)cc2c1[nH]c1ncc(-c3cnc4c(c3)c(=O)c(C(O)O)cn4C)c(N3C[C@H]4CC[C@H](N(C)C)[C@H]4C3)c12. The number of aromatic nitrogens is 4. The Morgan fingerprint density at radius 2 is 1.93 bits per heavy atom. The van der Waals surface area contributed by atoms with Gasteiger partial charge < -0.3 is 34.9 Å². The van der Waals surface area contributed by atoms with Crippen molar-refractivity contribution >= 4 is 55.9 Å². The standard InChI is InChI=1S/C31H34ClN7O3/c1-33-23-9-17(32)8-18-25-27(39-12-15-5-6-24(37(2)3)21(15)14-39)20(11-34-29(25)36-26(18)23)16-7-19-28(40)22(31(41)42)13-38(4)30(19)35-10-16/h7-11,13,15,21,24,31,33,41-42H,5-6,12,14H2,1-4H3,(H,34,36)/t15-,21+,24+/m1/s1. The Labute approximate surface area is 247 Å². The summed E-state index contributed by atoms with van der Waals surface area (Å²) in [6.07, 6.45) is 5.56. The van der Waals surface area contributed by atoms with E-state index in [0.29, 0.717) is 33.9 Å². The van der Waals surface area contributed by atoms with Crippen LogP contribution in [-0.2, 0) is 7.05 Å². The van der Waals surface area contributed by atoms with Gasteiger partial charge in [-0.25, -0.2) is 9.97 Å². The number of aryl methyl sites for hydroxylation is 1. The van der Waals surface area contributed by atoms with Crippen molar-refractivity contribution in [1.82, 2.24) is 24.4 Å². The fourth-order valence-corrected chi connectivity index (χ4v) is 7.64. The van der Waals surface area contributed by atoms with Crippen molar-refractivity contribution in [3.05, 3.63) is 57.6 Å². The van der Waals surface area contributed by atoms with Gasteiger partial charge in [-0.3, -0.25) is 4.79 Å². The van der Waals surface area contributed by atoms with Crippen LogP contribution in [0.4, 0.5) is 11.4 Å². The van der Waals surface area contributed by atoms with Gasteiger partial charge in [-0.15, -0.1) is 0 Å². The fraction of sp³-hybridized carbons (Fsp3) is 0.387. The maximum atomic E-state index is 13.3. The van der Waals surface area contributed by atoms with E-state index in [9.17, 15) is 15.0 Å². The number of aromatic amines is 1. The summed E-state index contributed by atoms with van der Waals surface area (Å²) in [6, 6.07) is 6.21. The molecule has 1 aromatic carbocycles. The van der Waals surface area contributed by atoms with Gasteiger partial charge in [-0.1, -0.05) is 11.6 Å². The second-order valence-corrected chi connectivity index (χ2v) is 12.4. The lowest BCUT2D eigenvalue weighted by Gasteiger charge is -2.28. The largest absolute Gasteiger partial charge is 0.386 e. The van der Waals surface area contributed by atoms with E-state index in [1.165, 1.54) is 19.0 Å². The van der Waals surface area contributed by atoms with Crippen LogP contribution in [0, 0.1) is 11.8 Å². The molecule has 0 bridgehead atoms.